The fraction of sp³-hybridized carbons (Fsp3) is 0.367. The van der Waals surface area contributed by atoms with Crippen molar-refractivity contribution < 1.29 is 19.0 Å². The highest BCUT2D eigenvalue weighted by Crippen LogP contribution is 2.30. The van der Waals surface area contributed by atoms with Crippen molar-refractivity contribution >= 4 is 17.7 Å². The van der Waals surface area contributed by atoms with Gasteiger partial charge in [0.2, 0.25) is 0 Å². The summed E-state index contributed by atoms with van der Waals surface area (Å²) in [7, 11) is 0. The van der Waals surface area contributed by atoms with Crippen LogP contribution in [0, 0.1) is 0 Å². The molecule has 3 aromatic rings. The van der Waals surface area contributed by atoms with Gasteiger partial charge in [0.05, 0.1) is 13.2 Å². The smallest absolute Gasteiger partial charge is 0.311 e. The van der Waals surface area contributed by atoms with Crippen molar-refractivity contribution in [1.29, 1.82) is 0 Å². The van der Waals surface area contributed by atoms with Gasteiger partial charge in [-0.15, -0.1) is 0 Å². The number of hydrogen-bond acceptors (Lipinski definition) is 5. The van der Waals surface area contributed by atoms with Gasteiger partial charge < -0.3 is 14.2 Å². The molecule has 0 aliphatic heterocycles. The molecule has 0 radical (unpaired) electrons. The second-order valence-corrected chi connectivity index (χ2v) is 9.13. The Morgan fingerprint density at radius 1 is 0.629 bits per heavy atom. The van der Waals surface area contributed by atoms with E-state index < -0.39 is 0 Å². The minimum atomic E-state index is -0.163. The van der Waals surface area contributed by atoms with Crippen LogP contribution in [0.15, 0.2) is 88.7 Å². The third kappa shape index (κ3) is 12.4. The van der Waals surface area contributed by atoms with Gasteiger partial charge in [0.25, 0.3) is 0 Å². The van der Waals surface area contributed by atoms with E-state index in [9.17, 15) is 4.79 Å². The van der Waals surface area contributed by atoms with E-state index in [0.29, 0.717) is 12.2 Å². The third-order valence-electron chi connectivity index (χ3n) is 4.85. The molecule has 0 spiro atoms. The van der Waals surface area contributed by atoms with Gasteiger partial charge in [0.1, 0.15) is 17.2 Å². The number of carbonyl (C=O) groups is 1. The molecule has 0 amide bonds. The lowest BCUT2D eigenvalue weighted by Crippen LogP contribution is -2.06. The summed E-state index contributed by atoms with van der Waals surface area (Å²) in [5, 5.41) is 0. The number of carbonyl (C=O) groups excluding carboxylic acids is 1. The summed E-state index contributed by atoms with van der Waals surface area (Å²) in [6.07, 6.45) is 5.82. The lowest BCUT2D eigenvalue weighted by atomic mass is 10.3. The molecule has 0 aromatic heterocycles. The Hall–Kier alpha value is -2.92. The van der Waals surface area contributed by atoms with Crippen LogP contribution in [0.25, 0.3) is 0 Å². The van der Waals surface area contributed by atoms with Crippen molar-refractivity contribution in [2.45, 2.75) is 69.1 Å². The number of unbranched alkanes of at least 4 members (excludes halogenated alkanes) is 2. The molecule has 0 bridgehead atoms. The van der Waals surface area contributed by atoms with Crippen LogP contribution in [0.1, 0.15) is 59.3 Å². The van der Waals surface area contributed by atoms with E-state index in [2.05, 4.69) is 38.1 Å². The number of rotatable bonds is 13. The second kappa shape index (κ2) is 17.5. The maximum absolute atomic E-state index is 11.0. The first-order valence-corrected chi connectivity index (χ1v) is 13.4. The molecule has 0 aliphatic rings. The van der Waals surface area contributed by atoms with Crippen LogP contribution in [0.4, 0.5) is 0 Å². The van der Waals surface area contributed by atoms with E-state index in [1.165, 1.54) is 9.79 Å². The molecule has 0 saturated carbocycles. The Balaban J connectivity index is 0.000000303. The lowest BCUT2D eigenvalue weighted by molar-refractivity contribution is -0.134. The van der Waals surface area contributed by atoms with Crippen LogP contribution in [-0.2, 0) is 4.79 Å². The van der Waals surface area contributed by atoms with Gasteiger partial charge in [-0.25, -0.2) is 0 Å². The van der Waals surface area contributed by atoms with E-state index in [0.717, 1.165) is 56.8 Å². The summed E-state index contributed by atoms with van der Waals surface area (Å²) in [6.45, 7) is 7.88. The molecule has 0 fully saturated rings. The molecule has 0 N–H and O–H groups in total. The van der Waals surface area contributed by atoms with Gasteiger partial charge in [-0.2, -0.15) is 0 Å². The first-order valence-electron chi connectivity index (χ1n) is 12.5. The molecular formula is C30H38O4S. The van der Waals surface area contributed by atoms with Crippen molar-refractivity contribution in [1.82, 2.24) is 0 Å². The SMILES string of the molecule is CCCC(=O)Oc1ccccc1.CCCCOc1ccc(Sc2ccc(OCCCC)cc2)cc1. The minimum Gasteiger partial charge on any atom is -0.494 e. The summed E-state index contributed by atoms with van der Waals surface area (Å²) >= 11 is 1.75. The molecule has 5 heteroatoms. The number of hydrogen-bond donors (Lipinski definition) is 0. The molecule has 0 aliphatic carbocycles. The van der Waals surface area contributed by atoms with E-state index in [1.54, 1.807) is 23.9 Å². The fourth-order valence-electron chi connectivity index (χ4n) is 2.89. The monoisotopic (exact) mass is 494 g/mol. The Kier molecular flexibility index (Phi) is 14.2. The highest BCUT2D eigenvalue weighted by atomic mass is 32.2. The Labute approximate surface area is 215 Å². The van der Waals surface area contributed by atoms with E-state index in [-0.39, 0.29) is 5.97 Å². The van der Waals surface area contributed by atoms with Crippen LogP contribution in [0.5, 0.6) is 17.2 Å². The molecule has 3 rings (SSSR count). The van der Waals surface area contributed by atoms with Crippen molar-refractivity contribution in [3.63, 3.8) is 0 Å². The molecule has 0 saturated heterocycles. The summed E-state index contributed by atoms with van der Waals surface area (Å²) in [5.41, 5.74) is 0. The highest BCUT2D eigenvalue weighted by Gasteiger charge is 2.02. The number of benzene rings is 3. The minimum absolute atomic E-state index is 0.163. The first-order chi connectivity index (χ1) is 17.1. The fourth-order valence-corrected chi connectivity index (χ4v) is 3.70. The maximum Gasteiger partial charge on any atom is 0.311 e. The molecule has 0 heterocycles. The van der Waals surface area contributed by atoms with Crippen LogP contribution >= 0.6 is 11.8 Å². The summed E-state index contributed by atoms with van der Waals surface area (Å²) in [4.78, 5) is 13.4. The lowest BCUT2D eigenvalue weighted by Gasteiger charge is -2.08. The second-order valence-electron chi connectivity index (χ2n) is 7.99. The molecule has 3 aromatic carbocycles. The normalized spacial score (nSPS) is 10.1. The Bertz CT molecular complexity index is 889. The predicted molar refractivity (Wildman–Crippen MR) is 145 cm³/mol. The summed E-state index contributed by atoms with van der Waals surface area (Å²) < 4.78 is 16.4. The number of para-hydroxylation sites is 1. The maximum atomic E-state index is 11.0. The molecular weight excluding hydrogens is 456 g/mol. The zero-order chi connectivity index (χ0) is 25.1. The Morgan fingerprint density at radius 2 is 1.11 bits per heavy atom. The zero-order valence-electron chi connectivity index (χ0n) is 21.2. The predicted octanol–water partition coefficient (Wildman–Crippen LogP) is 8.59. The average molecular weight is 495 g/mol. The van der Waals surface area contributed by atoms with E-state index in [4.69, 9.17) is 14.2 Å². The third-order valence-corrected chi connectivity index (χ3v) is 5.86. The summed E-state index contributed by atoms with van der Waals surface area (Å²) in [5.74, 6) is 2.35. The van der Waals surface area contributed by atoms with Gasteiger partial charge in [-0.3, -0.25) is 4.79 Å². The average Bonchev–Trinajstić information content (AvgIpc) is 2.88. The van der Waals surface area contributed by atoms with Gasteiger partial charge in [-0.1, -0.05) is 63.6 Å². The molecule has 35 heavy (non-hydrogen) atoms. The van der Waals surface area contributed by atoms with Crippen molar-refractivity contribution in [3.8, 4) is 17.2 Å². The van der Waals surface area contributed by atoms with Gasteiger partial charge in [-0.05, 0) is 79.9 Å². The zero-order valence-corrected chi connectivity index (χ0v) is 22.0. The quantitative estimate of drug-likeness (QED) is 0.135. The van der Waals surface area contributed by atoms with Crippen LogP contribution in [0.3, 0.4) is 0 Å². The van der Waals surface area contributed by atoms with Crippen LogP contribution in [0.2, 0.25) is 0 Å². The van der Waals surface area contributed by atoms with E-state index >= 15 is 0 Å². The van der Waals surface area contributed by atoms with Crippen molar-refractivity contribution in [2.75, 3.05) is 13.2 Å². The number of esters is 1. The first kappa shape index (κ1) is 28.3. The molecule has 4 nitrogen and oxygen atoms in total. The van der Waals surface area contributed by atoms with E-state index in [1.807, 2.05) is 49.4 Å². The summed E-state index contributed by atoms with van der Waals surface area (Å²) in [6, 6.07) is 25.7. The highest BCUT2D eigenvalue weighted by molar-refractivity contribution is 7.99. The van der Waals surface area contributed by atoms with Crippen molar-refractivity contribution in [2.24, 2.45) is 0 Å². The number of ether oxygens (including phenoxy) is 3. The van der Waals surface area contributed by atoms with Gasteiger partial charge in [0.15, 0.2) is 0 Å². The van der Waals surface area contributed by atoms with Crippen LogP contribution in [-0.4, -0.2) is 19.2 Å². The molecule has 0 unspecified atom stereocenters. The Morgan fingerprint density at radius 3 is 1.54 bits per heavy atom. The standard InChI is InChI=1S/C20H26O2S.C10H12O2/c1-3-5-15-21-17-7-11-19(12-8-17)23-20-13-9-18(10-14-20)22-16-6-4-2;1-2-6-10(11)12-9-7-4-3-5-8-9/h7-14H,3-6,15-16H2,1-2H3;3-5,7-8H,2,6H2,1H3. The van der Waals surface area contributed by atoms with Crippen molar-refractivity contribution in [3.05, 3.63) is 78.9 Å². The topological polar surface area (TPSA) is 44.8 Å². The molecule has 0 atom stereocenters. The largest absolute Gasteiger partial charge is 0.494 e. The molecule has 188 valence electrons. The van der Waals surface area contributed by atoms with Crippen LogP contribution < -0.4 is 14.2 Å². The van der Waals surface area contributed by atoms with Gasteiger partial charge >= 0.3 is 5.97 Å². The van der Waals surface area contributed by atoms with Gasteiger partial charge in [0, 0.05) is 16.2 Å².